The molecule has 1 saturated heterocycles. The average Bonchev–Trinajstić information content (AvgIpc) is 2.89. The number of aryl methyl sites for hydroxylation is 2. The van der Waals surface area contributed by atoms with Crippen LogP contribution in [-0.4, -0.2) is 85.6 Å². The molecule has 1 aliphatic heterocycles. The number of phenols is 2. The average molecular weight is 519 g/mol. The molecule has 1 aliphatic rings. The maximum atomic E-state index is 12.7. The van der Waals surface area contributed by atoms with Gasteiger partial charge in [0.2, 0.25) is 5.78 Å². The number of ether oxygens (including phenoxy) is 2. The summed E-state index contributed by atoms with van der Waals surface area (Å²) in [7, 11) is 0. The topological polar surface area (TPSA) is 174 Å². The van der Waals surface area contributed by atoms with Crippen molar-refractivity contribution in [1.29, 1.82) is 0 Å². The monoisotopic (exact) mass is 518 g/mol. The van der Waals surface area contributed by atoms with Crippen LogP contribution < -0.4 is 0 Å². The van der Waals surface area contributed by atoms with Crippen LogP contribution in [0.25, 0.3) is 0 Å². The lowest BCUT2D eigenvalue weighted by atomic mass is 9.97. The van der Waals surface area contributed by atoms with Crippen LogP contribution in [0.5, 0.6) is 11.5 Å². The lowest BCUT2D eigenvalue weighted by Crippen LogP contribution is -2.59. The number of aliphatic hydroxyl groups is 4. The number of aromatic hydroxyl groups is 2. The van der Waals surface area contributed by atoms with E-state index >= 15 is 0 Å². The summed E-state index contributed by atoms with van der Waals surface area (Å²) in [6, 6.07) is 13.0. The van der Waals surface area contributed by atoms with Crippen LogP contribution in [0.3, 0.4) is 0 Å². The number of hydrogen-bond donors (Lipinski definition) is 6. The van der Waals surface area contributed by atoms with Gasteiger partial charge in [-0.25, -0.2) is 0 Å². The molecule has 10 nitrogen and oxygen atoms in total. The number of aliphatic hydroxyl groups excluding tert-OH is 4. The number of Topliss-reactive ketones (excluding diaryl/α,β-unsaturated/α-hetero) is 2. The number of phenolic OH excluding ortho intramolecular Hbond substituents is 2. The van der Waals surface area contributed by atoms with E-state index in [9.17, 15) is 40.2 Å². The van der Waals surface area contributed by atoms with Crippen LogP contribution in [0.4, 0.5) is 0 Å². The Kier molecular flexibility index (Phi) is 10.6. The van der Waals surface area contributed by atoms with Gasteiger partial charge in [-0.1, -0.05) is 24.3 Å². The molecule has 0 spiro atoms. The molecule has 0 radical (unpaired) electrons. The molecule has 0 aromatic heterocycles. The van der Waals surface area contributed by atoms with Gasteiger partial charge in [-0.05, 0) is 61.1 Å². The number of benzene rings is 2. The molecule has 6 atom stereocenters. The van der Waals surface area contributed by atoms with Gasteiger partial charge in [0.15, 0.2) is 12.1 Å². The Labute approximate surface area is 214 Å². The predicted molar refractivity (Wildman–Crippen MR) is 131 cm³/mol. The van der Waals surface area contributed by atoms with Crippen molar-refractivity contribution in [2.75, 3.05) is 6.61 Å². The van der Waals surface area contributed by atoms with Crippen LogP contribution in [-0.2, 0) is 31.9 Å². The number of rotatable bonds is 13. The SMILES string of the molecule is O=C(CCCc1ccc(O)cc1)C(=O)C[C@H](CCc1ccc(O)cc1)O[C@@H]1O[C@H](CO)[C@H](O)[C@H](O)[C@H]1O. The molecule has 37 heavy (non-hydrogen) atoms. The van der Waals surface area contributed by atoms with E-state index in [0.717, 1.165) is 11.1 Å². The van der Waals surface area contributed by atoms with Crippen molar-refractivity contribution >= 4 is 11.6 Å². The lowest BCUT2D eigenvalue weighted by Gasteiger charge is -2.40. The molecule has 3 rings (SSSR count). The Morgan fingerprint density at radius 3 is 1.95 bits per heavy atom. The minimum Gasteiger partial charge on any atom is -0.508 e. The summed E-state index contributed by atoms with van der Waals surface area (Å²) >= 11 is 0. The number of hydrogen-bond acceptors (Lipinski definition) is 10. The summed E-state index contributed by atoms with van der Waals surface area (Å²) in [5.41, 5.74) is 1.77. The molecule has 6 N–H and O–H groups in total. The zero-order valence-electron chi connectivity index (χ0n) is 20.3. The zero-order chi connectivity index (χ0) is 26.9. The summed E-state index contributed by atoms with van der Waals surface area (Å²) in [5, 5.41) is 58.7. The van der Waals surface area contributed by atoms with E-state index in [2.05, 4.69) is 0 Å². The highest BCUT2D eigenvalue weighted by Crippen LogP contribution is 2.25. The molecule has 0 saturated carbocycles. The van der Waals surface area contributed by atoms with Crippen molar-refractivity contribution in [3.63, 3.8) is 0 Å². The van der Waals surface area contributed by atoms with Gasteiger partial charge in [0.1, 0.15) is 35.9 Å². The summed E-state index contributed by atoms with van der Waals surface area (Å²) < 4.78 is 11.2. The number of carbonyl (C=O) groups excluding carboxylic acids is 2. The standard InChI is InChI=1S/C27H34O10/c28-15-23-24(33)25(34)26(35)27(37-23)36-20(13-8-17-6-11-19(30)12-7-17)14-22(32)21(31)3-1-2-16-4-9-18(29)10-5-16/h4-7,9-12,20,23-30,33-35H,1-3,8,13-15H2/t20-,23+,24-,25-,26+,27+/m0/s1. The second-order valence-corrected chi connectivity index (χ2v) is 9.23. The van der Waals surface area contributed by atoms with E-state index in [0.29, 0.717) is 19.3 Å². The van der Waals surface area contributed by atoms with E-state index in [4.69, 9.17) is 9.47 Å². The molecule has 0 aliphatic carbocycles. The van der Waals surface area contributed by atoms with Crippen molar-refractivity contribution < 1.29 is 49.7 Å². The molecule has 10 heteroatoms. The fourth-order valence-corrected chi connectivity index (χ4v) is 4.15. The summed E-state index contributed by atoms with van der Waals surface area (Å²) in [5.74, 6) is -0.962. The summed E-state index contributed by atoms with van der Waals surface area (Å²) in [4.78, 5) is 25.3. The Bertz CT molecular complexity index is 1000. The van der Waals surface area contributed by atoms with E-state index in [1.807, 2.05) is 0 Å². The van der Waals surface area contributed by atoms with Gasteiger partial charge in [-0.15, -0.1) is 0 Å². The Balaban J connectivity index is 1.61. The fraction of sp³-hybridized carbons (Fsp3) is 0.481. The normalized spacial score (nSPS) is 24.5. The molecular formula is C27H34O10. The van der Waals surface area contributed by atoms with Crippen molar-refractivity contribution in [2.24, 2.45) is 0 Å². The van der Waals surface area contributed by atoms with Gasteiger partial charge in [0, 0.05) is 12.8 Å². The van der Waals surface area contributed by atoms with Gasteiger partial charge in [-0.2, -0.15) is 0 Å². The molecule has 0 bridgehead atoms. The summed E-state index contributed by atoms with van der Waals surface area (Å²) in [6.45, 7) is -0.624. The van der Waals surface area contributed by atoms with E-state index < -0.39 is 55.0 Å². The van der Waals surface area contributed by atoms with Gasteiger partial charge in [0.05, 0.1) is 12.7 Å². The van der Waals surface area contributed by atoms with Crippen molar-refractivity contribution in [1.82, 2.24) is 0 Å². The fourth-order valence-electron chi connectivity index (χ4n) is 4.15. The van der Waals surface area contributed by atoms with Crippen molar-refractivity contribution in [3.05, 3.63) is 59.7 Å². The van der Waals surface area contributed by atoms with Crippen LogP contribution in [0.2, 0.25) is 0 Å². The van der Waals surface area contributed by atoms with Crippen LogP contribution >= 0.6 is 0 Å². The quantitative estimate of drug-likeness (QED) is 0.208. The summed E-state index contributed by atoms with van der Waals surface area (Å²) in [6.07, 6.45) is -6.86. The van der Waals surface area contributed by atoms with Gasteiger partial charge < -0.3 is 40.1 Å². The Hall–Kier alpha value is -2.86. The molecule has 0 amide bonds. The van der Waals surface area contributed by atoms with Gasteiger partial charge >= 0.3 is 0 Å². The van der Waals surface area contributed by atoms with Gasteiger partial charge in [-0.3, -0.25) is 9.59 Å². The van der Waals surface area contributed by atoms with Crippen LogP contribution in [0.15, 0.2) is 48.5 Å². The minimum absolute atomic E-state index is 0.0322. The molecule has 1 fully saturated rings. The van der Waals surface area contributed by atoms with E-state index in [1.165, 1.54) is 12.1 Å². The molecule has 2 aromatic carbocycles. The highest BCUT2D eigenvalue weighted by molar-refractivity contribution is 6.37. The first-order valence-electron chi connectivity index (χ1n) is 12.3. The molecule has 1 heterocycles. The predicted octanol–water partition coefficient (Wildman–Crippen LogP) is 0.767. The second-order valence-electron chi connectivity index (χ2n) is 9.23. The second kappa shape index (κ2) is 13.6. The Morgan fingerprint density at radius 1 is 0.811 bits per heavy atom. The number of carbonyl (C=O) groups is 2. The van der Waals surface area contributed by atoms with Crippen molar-refractivity contribution in [2.45, 2.75) is 75.3 Å². The third-order valence-electron chi connectivity index (χ3n) is 6.40. The molecule has 0 unspecified atom stereocenters. The van der Waals surface area contributed by atoms with E-state index in [1.54, 1.807) is 36.4 Å². The third kappa shape index (κ3) is 8.32. The van der Waals surface area contributed by atoms with Gasteiger partial charge in [0.25, 0.3) is 0 Å². The first-order valence-corrected chi connectivity index (χ1v) is 12.3. The lowest BCUT2D eigenvalue weighted by molar-refractivity contribution is -0.311. The zero-order valence-corrected chi connectivity index (χ0v) is 20.3. The molecule has 202 valence electrons. The minimum atomic E-state index is -1.63. The molecule has 2 aromatic rings. The van der Waals surface area contributed by atoms with Crippen molar-refractivity contribution in [3.8, 4) is 11.5 Å². The first-order chi connectivity index (χ1) is 17.7. The highest BCUT2D eigenvalue weighted by Gasteiger charge is 2.45. The smallest absolute Gasteiger partial charge is 0.200 e. The van der Waals surface area contributed by atoms with Crippen LogP contribution in [0, 0.1) is 0 Å². The number of ketones is 2. The maximum Gasteiger partial charge on any atom is 0.200 e. The third-order valence-corrected chi connectivity index (χ3v) is 6.40. The van der Waals surface area contributed by atoms with E-state index in [-0.39, 0.29) is 30.8 Å². The highest BCUT2D eigenvalue weighted by atomic mass is 16.7. The van der Waals surface area contributed by atoms with Crippen LogP contribution in [0.1, 0.15) is 36.8 Å². The largest absolute Gasteiger partial charge is 0.508 e. The maximum absolute atomic E-state index is 12.7. The Morgan fingerprint density at radius 2 is 1.38 bits per heavy atom. The molecular weight excluding hydrogens is 484 g/mol. The first kappa shape index (κ1) is 28.7.